The second kappa shape index (κ2) is 44.0. The summed E-state index contributed by atoms with van der Waals surface area (Å²) in [7, 11) is 1.17. The predicted octanol–water partition coefficient (Wildman–Crippen LogP) is 14.7. The maximum atomic E-state index is 12.7. The SMILES string of the molecule is CCCCCCCCCCC/C=C/CCCCC(=O)O[C@H](COC(=O)CCCCCCCCCCCCCCCCCCCCCCCC)COP(=O)([O-])OCC[N+](C)(C)C. The van der Waals surface area contributed by atoms with Crippen LogP contribution in [0.1, 0.15) is 251 Å². The van der Waals surface area contributed by atoms with Gasteiger partial charge in [-0.15, -0.1) is 0 Å². The third-order valence-corrected chi connectivity index (χ3v) is 12.5. The first-order valence-corrected chi connectivity index (χ1v) is 27.4. The van der Waals surface area contributed by atoms with E-state index in [2.05, 4.69) is 26.0 Å². The van der Waals surface area contributed by atoms with Gasteiger partial charge in [-0.2, -0.15) is 0 Å². The highest BCUT2D eigenvalue weighted by atomic mass is 31.2. The van der Waals surface area contributed by atoms with Gasteiger partial charge in [0, 0.05) is 12.8 Å². The molecule has 0 fully saturated rings. The van der Waals surface area contributed by atoms with Crippen LogP contribution in [0.3, 0.4) is 0 Å². The van der Waals surface area contributed by atoms with Crippen LogP contribution in [0.2, 0.25) is 0 Å². The van der Waals surface area contributed by atoms with Crippen molar-refractivity contribution in [1.82, 2.24) is 0 Å². The molecule has 0 aliphatic rings. The van der Waals surface area contributed by atoms with Crippen molar-refractivity contribution in [3.05, 3.63) is 12.2 Å². The van der Waals surface area contributed by atoms with Gasteiger partial charge >= 0.3 is 11.9 Å². The van der Waals surface area contributed by atoms with Gasteiger partial charge in [0.15, 0.2) is 6.10 Å². The van der Waals surface area contributed by atoms with E-state index in [1.54, 1.807) is 0 Å². The van der Waals surface area contributed by atoms with E-state index in [0.717, 1.165) is 38.5 Å². The molecular weight excluding hydrogens is 786 g/mol. The zero-order valence-corrected chi connectivity index (χ0v) is 41.8. The molecule has 1 unspecified atom stereocenters. The minimum Gasteiger partial charge on any atom is -0.756 e. The number of quaternary nitrogens is 1. The Bertz CT molecular complexity index is 1050. The molecule has 0 saturated carbocycles. The second-order valence-electron chi connectivity index (χ2n) is 18.9. The first-order chi connectivity index (χ1) is 29.5. The number of carbonyl (C=O) groups is 2. The Morgan fingerprint density at radius 3 is 1.25 bits per heavy atom. The standard InChI is InChI=1S/C51H100NO8P/c1-6-8-10-12-14-16-18-20-22-23-24-25-26-27-28-30-31-33-35-37-39-41-43-50(53)57-47-49(48-59-61(55,56)58-46-45-52(3,4)5)60-51(54)44-42-40-38-36-34-32-29-21-19-17-15-13-11-9-7-2/h34,36,49H,6-33,35,37-48H2,1-5H3/b36-34+/t49-/m1/s1. The first kappa shape index (κ1) is 59.8. The number of esters is 2. The van der Waals surface area contributed by atoms with E-state index in [-0.39, 0.29) is 32.0 Å². The number of phosphoric ester groups is 1. The van der Waals surface area contributed by atoms with Gasteiger partial charge in [-0.05, 0) is 38.5 Å². The zero-order chi connectivity index (χ0) is 45.0. The van der Waals surface area contributed by atoms with Crippen LogP contribution < -0.4 is 4.89 Å². The lowest BCUT2D eigenvalue weighted by Gasteiger charge is -2.28. The van der Waals surface area contributed by atoms with Gasteiger partial charge in [0.2, 0.25) is 0 Å². The molecule has 0 aromatic rings. The van der Waals surface area contributed by atoms with E-state index >= 15 is 0 Å². The molecule has 9 nitrogen and oxygen atoms in total. The van der Waals surface area contributed by atoms with E-state index in [1.165, 1.54) is 180 Å². The van der Waals surface area contributed by atoms with Crippen LogP contribution in [0.25, 0.3) is 0 Å². The van der Waals surface area contributed by atoms with Gasteiger partial charge in [-0.25, -0.2) is 0 Å². The highest BCUT2D eigenvalue weighted by molar-refractivity contribution is 7.45. The highest BCUT2D eigenvalue weighted by Gasteiger charge is 2.21. The number of ether oxygens (including phenoxy) is 2. The highest BCUT2D eigenvalue weighted by Crippen LogP contribution is 2.38. The fourth-order valence-electron chi connectivity index (χ4n) is 7.48. The molecule has 0 spiro atoms. The smallest absolute Gasteiger partial charge is 0.306 e. The van der Waals surface area contributed by atoms with Crippen LogP contribution in [0, 0.1) is 0 Å². The monoisotopic (exact) mass is 886 g/mol. The maximum absolute atomic E-state index is 12.7. The van der Waals surface area contributed by atoms with Gasteiger partial charge < -0.3 is 27.9 Å². The molecular formula is C51H100NO8P. The second-order valence-corrected chi connectivity index (χ2v) is 20.3. The van der Waals surface area contributed by atoms with Gasteiger partial charge in [0.25, 0.3) is 7.82 Å². The van der Waals surface area contributed by atoms with E-state index in [0.29, 0.717) is 17.4 Å². The Labute approximate surface area is 377 Å². The molecule has 0 radical (unpaired) electrons. The van der Waals surface area contributed by atoms with Crippen molar-refractivity contribution in [3.8, 4) is 0 Å². The molecule has 0 aromatic carbocycles. The molecule has 0 saturated heterocycles. The molecule has 0 aliphatic carbocycles. The third kappa shape index (κ3) is 48.1. The summed E-state index contributed by atoms with van der Waals surface area (Å²) in [5.41, 5.74) is 0. The average Bonchev–Trinajstić information content (AvgIpc) is 3.21. The van der Waals surface area contributed by atoms with Crippen LogP contribution in [-0.4, -0.2) is 70.0 Å². The number of rotatable bonds is 48. The Morgan fingerprint density at radius 2 is 0.836 bits per heavy atom. The fourth-order valence-corrected chi connectivity index (χ4v) is 8.20. The number of allylic oxidation sites excluding steroid dienone is 2. The number of hydrogen-bond acceptors (Lipinski definition) is 8. The van der Waals surface area contributed by atoms with E-state index in [4.69, 9.17) is 18.5 Å². The minimum atomic E-state index is -4.63. The number of phosphoric acid groups is 1. The maximum Gasteiger partial charge on any atom is 0.306 e. The average molecular weight is 886 g/mol. The fraction of sp³-hybridized carbons (Fsp3) is 0.922. The van der Waals surface area contributed by atoms with E-state index in [9.17, 15) is 19.0 Å². The molecule has 0 rings (SSSR count). The van der Waals surface area contributed by atoms with Crippen molar-refractivity contribution in [1.29, 1.82) is 0 Å². The molecule has 0 heterocycles. The van der Waals surface area contributed by atoms with Crippen LogP contribution in [0.15, 0.2) is 12.2 Å². The molecule has 0 aliphatic heterocycles. The van der Waals surface area contributed by atoms with Crippen molar-refractivity contribution in [2.45, 2.75) is 258 Å². The van der Waals surface area contributed by atoms with Crippen molar-refractivity contribution in [2.24, 2.45) is 0 Å². The number of likely N-dealkylation sites (N-methyl/N-ethyl adjacent to an activating group) is 1. The predicted molar refractivity (Wildman–Crippen MR) is 255 cm³/mol. The Kier molecular flexibility index (Phi) is 43.1. The summed E-state index contributed by atoms with van der Waals surface area (Å²) in [5.74, 6) is -0.845. The van der Waals surface area contributed by atoms with Gasteiger partial charge in [-0.3, -0.25) is 14.2 Å². The Balaban J connectivity index is 4.19. The quantitative estimate of drug-likeness (QED) is 0.0195. The number of carbonyl (C=O) groups excluding carboxylic acids is 2. The Morgan fingerprint density at radius 1 is 0.492 bits per heavy atom. The summed E-state index contributed by atoms with van der Waals surface area (Å²) < 4.78 is 34.0. The van der Waals surface area contributed by atoms with Gasteiger partial charge in [0.05, 0.1) is 27.7 Å². The number of hydrogen-bond donors (Lipinski definition) is 0. The molecule has 0 bridgehead atoms. The van der Waals surface area contributed by atoms with Crippen molar-refractivity contribution in [2.75, 3.05) is 47.5 Å². The van der Waals surface area contributed by atoms with Crippen molar-refractivity contribution in [3.63, 3.8) is 0 Å². The summed E-state index contributed by atoms with van der Waals surface area (Å²) >= 11 is 0. The Hall–Kier alpha value is -1.25. The lowest BCUT2D eigenvalue weighted by molar-refractivity contribution is -0.870. The topological polar surface area (TPSA) is 111 Å². The molecule has 0 aromatic heterocycles. The summed E-state index contributed by atoms with van der Waals surface area (Å²) in [5, 5.41) is 0. The van der Waals surface area contributed by atoms with Crippen LogP contribution >= 0.6 is 7.82 Å². The minimum absolute atomic E-state index is 0.0309. The summed E-state index contributed by atoms with van der Waals surface area (Å²) in [4.78, 5) is 37.7. The molecule has 61 heavy (non-hydrogen) atoms. The third-order valence-electron chi connectivity index (χ3n) is 11.5. The first-order valence-electron chi connectivity index (χ1n) is 25.9. The largest absolute Gasteiger partial charge is 0.756 e. The lowest BCUT2D eigenvalue weighted by atomic mass is 10.0. The van der Waals surface area contributed by atoms with Crippen LogP contribution in [0.5, 0.6) is 0 Å². The van der Waals surface area contributed by atoms with Gasteiger partial charge in [0.1, 0.15) is 19.8 Å². The molecule has 362 valence electrons. The molecule has 2 atom stereocenters. The van der Waals surface area contributed by atoms with Crippen molar-refractivity contribution < 1.29 is 42.1 Å². The van der Waals surface area contributed by atoms with E-state index in [1.807, 2.05) is 21.1 Å². The molecule has 0 amide bonds. The van der Waals surface area contributed by atoms with E-state index < -0.39 is 26.5 Å². The summed E-state index contributed by atoms with van der Waals surface area (Å²) in [6.45, 7) is 4.25. The number of nitrogens with zero attached hydrogens (tertiary/aromatic N) is 1. The zero-order valence-electron chi connectivity index (χ0n) is 40.9. The molecule has 10 heteroatoms. The normalized spacial score (nSPS) is 13.5. The van der Waals surface area contributed by atoms with Crippen LogP contribution in [0.4, 0.5) is 0 Å². The number of unbranched alkanes of at least 4 members (excludes halogenated alkanes) is 32. The van der Waals surface area contributed by atoms with Crippen molar-refractivity contribution >= 4 is 19.8 Å². The summed E-state index contributed by atoms with van der Waals surface area (Å²) in [6.07, 6.45) is 48.2. The van der Waals surface area contributed by atoms with Crippen LogP contribution in [-0.2, 0) is 32.7 Å². The van der Waals surface area contributed by atoms with Gasteiger partial charge in [-0.1, -0.05) is 212 Å². The lowest BCUT2D eigenvalue weighted by Crippen LogP contribution is -2.37. The summed E-state index contributed by atoms with van der Waals surface area (Å²) in [6, 6.07) is 0. The molecule has 0 N–H and O–H groups in total.